The maximum absolute atomic E-state index is 13.6. The standard InChI is InChI=1S/C20H19F2N5O2S/c1-2-27-17(11-18(28)23-14-9-7-13(21)8-10-14)25-26-20(27)30-12-19(29)24-16-6-4-3-5-15(16)22/h3-10H,2,11-12H2,1H3,(H,23,28)(H,24,29). The van der Waals surface area contributed by atoms with Crippen molar-refractivity contribution in [2.45, 2.75) is 25.0 Å². The molecular formula is C20H19F2N5O2S. The molecule has 0 aliphatic carbocycles. The Labute approximate surface area is 175 Å². The van der Waals surface area contributed by atoms with Gasteiger partial charge in [-0.3, -0.25) is 9.59 Å². The fourth-order valence-electron chi connectivity index (χ4n) is 2.64. The Hall–Kier alpha value is -3.27. The van der Waals surface area contributed by atoms with E-state index in [0.29, 0.717) is 23.2 Å². The van der Waals surface area contributed by atoms with Gasteiger partial charge in [-0.15, -0.1) is 10.2 Å². The molecule has 2 aromatic carbocycles. The van der Waals surface area contributed by atoms with Crippen molar-refractivity contribution in [3.63, 3.8) is 0 Å². The lowest BCUT2D eigenvalue weighted by Gasteiger charge is -2.09. The zero-order valence-electron chi connectivity index (χ0n) is 16.1. The monoisotopic (exact) mass is 431 g/mol. The highest BCUT2D eigenvalue weighted by Gasteiger charge is 2.16. The van der Waals surface area contributed by atoms with Gasteiger partial charge in [0.05, 0.1) is 17.9 Å². The molecule has 156 valence electrons. The highest BCUT2D eigenvalue weighted by Crippen LogP contribution is 2.19. The van der Waals surface area contributed by atoms with Gasteiger partial charge in [-0.2, -0.15) is 0 Å². The molecule has 1 heterocycles. The molecule has 1 aromatic heterocycles. The molecule has 0 aliphatic rings. The summed E-state index contributed by atoms with van der Waals surface area (Å²) in [6.45, 7) is 2.37. The maximum Gasteiger partial charge on any atom is 0.234 e. The normalized spacial score (nSPS) is 10.6. The van der Waals surface area contributed by atoms with Crippen LogP contribution in [0.15, 0.2) is 53.7 Å². The van der Waals surface area contributed by atoms with Gasteiger partial charge >= 0.3 is 0 Å². The first-order valence-corrected chi connectivity index (χ1v) is 10.1. The Kier molecular flexibility index (Phi) is 7.12. The maximum atomic E-state index is 13.6. The summed E-state index contributed by atoms with van der Waals surface area (Å²) in [5, 5.41) is 13.7. The molecule has 0 fully saturated rings. The van der Waals surface area contributed by atoms with Gasteiger partial charge < -0.3 is 15.2 Å². The summed E-state index contributed by atoms with van der Waals surface area (Å²) < 4.78 is 28.3. The number of hydrogen-bond donors (Lipinski definition) is 2. The fraction of sp³-hybridized carbons (Fsp3) is 0.200. The van der Waals surface area contributed by atoms with Crippen LogP contribution < -0.4 is 10.6 Å². The molecule has 0 radical (unpaired) electrons. The second-order valence-corrected chi connectivity index (χ2v) is 7.13. The van der Waals surface area contributed by atoms with Crippen molar-refractivity contribution in [2.75, 3.05) is 16.4 Å². The van der Waals surface area contributed by atoms with Crippen LogP contribution in [0.3, 0.4) is 0 Å². The lowest BCUT2D eigenvalue weighted by atomic mass is 10.3. The van der Waals surface area contributed by atoms with Gasteiger partial charge in [-0.25, -0.2) is 8.78 Å². The third kappa shape index (κ3) is 5.63. The number of rotatable bonds is 8. The summed E-state index contributed by atoms with van der Waals surface area (Å²) in [7, 11) is 0. The van der Waals surface area contributed by atoms with Crippen LogP contribution >= 0.6 is 11.8 Å². The number of nitrogens with one attached hydrogen (secondary N) is 2. The second-order valence-electron chi connectivity index (χ2n) is 6.19. The summed E-state index contributed by atoms with van der Waals surface area (Å²) in [6, 6.07) is 11.3. The van der Waals surface area contributed by atoms with E-state index in [1.165, 1.54) is 42.5 Å². The number of para-hydroxylation sites is 1. The van der Waals surface area contributed by atoms with Crippen molar-refractivity contribution in [3.05, 3.63) is 66.0 Å². The van der Waals surface area contributed by atoms with Crippen molar-refractivity contribution in [1.82, 2.24) is 14.8 Å². The number of thioether (sulfide) groups is 1. The molecular weight excluding hydrogens is 412 g/mol. The molecule has 0 aliphatic heterocycles. The molecule has 3 rings (SSSR count). The number of anilines is 2. The Balaban J connectivity index is 1.58. The number of nitrogens with zero attached hydrogens (tertiary/aromatic N) is 3. The third-order valence-corrected chi connectivity index (χ3v) is 5.00. The summed E-state index contributed by atoms with van der Waals surface area (Å²) >= 11 is 1.14. The number of carbonyl (C=O) groups excluding carboxylic acids is 2. The first kappa shape index (κ1) is 21.4. The third-order valence-electron chi connectivity index (χ3n) is 4.04. The van der Waals surface area contributed by atoms with Gasteiger partial charge in [0.1, 0.15) is 17.5 Å². The van der Waals surface area contributed by atoms with Crippen LogP contribution in [0.25, 0.3) is 0 Å². The van der Waals surface area contributed by atoms with Crippen LogP contribution in [0.2, 0.25) is 0 Å². The fourth-order valence-corrected chi connectivity index (χ4v) is 3.46. The van der Waals surface area contributed by atoms with E-state index in [9.17, 15) is 18.4 Å². The number of benzene rings is 2. The van der Waals surface area contributed by atoms with Crippen molar-refractivity contribution < 1.29 is 18.4 Å². The topological polar surface area (TPSA) is 88.9 Å². The lowest BCUT2D eigenvalue weighted by molar-refractivity contribution is -0.116. The number of carbonyl (C=O) groups is 2. The molecule has 0 unspecified atom stereocenters. The molecule has 30 heavy (non-hydrogen) atoms. The molecule has 2 N–H and O–H groups in total. The minimum atomic E-state index is -0.512. The Morgan fingerprint density at radius 3 is 2.43 bits per heavy atom. The molecule has 7 nitrogen and oxygen atoms in total. The largest absolute Gasteiger partial charge is 0.326 e. The summed E-state index contributed by atoms with van der Waals surface area (Å²) in [5.41, 5.74) is 0.585. The summed E-state index contributed by atoms with van der Waals surface area (Å²) in [5.74, 6) is -1.16. The molecule has 0 bridgehead atoms. The van der Waals surface area contributed by atoms with Crippen LogP contribution in [0, 0.1) is 11.6 Å². The SMILES string of the molecule is CCn1c(CC(=O)Nc2ccc(F)cc2)nnc1SCC(=O)Nc1ccccc1F. The Morgan fingerprint density at radius 2 is 1.73 bits per heavy atom. The minimum absolute atomic E-state index is 0.00818. The van der Waals surface area contributed by atoms with Crippen LogP contribution in [0.1, 0.15) is 12.7 Å². The number of aromatic nitrogens is 3. The van der Waals surface area contributed by atoms with Crippen molar-refractivity contribution in [3.8, 4) is 0 Å². The van der Waals surface area contributed by atoms with E-state index in [2.05, 4.69) is 20.8 Å². The van der Waals surface area contributed by atoms with E-state index in [1.807, 2.05) is 6.92 Å². The molecule has 0 spiro atoms. The summed E-state index contributed by atoms with van der Waals surface area (Å²) in [4.78, 5) is 24.4. The van der Waals surface area contributed by atoms with Gasteiger partial charge in [0.25, 0.3) is 0 Å². The molecule has 3 aromatic rings. The number of halogens is 2. The van der Waals surface area contributed by atoms with E-state index >= 15 is 0 Å². The summed E-state index contributed by atoms with van der Waals surface area (Å²) in [6.07, 6.45) is -0.0276. The van der Waals surface area contributed by atoms with Crippen molar-refractivity contribution in [1.29, 1.82) is 0 Å². The lowest BCUT2D eigenvalue weighted by Crippen LogP contribution is -2.18. The van der Waals surface area contributed by atoms with Crippen molar-refractivity contribution in [2.24, 2.45) is 0 Å². The zero-order valence-corrected chi connectivity index (χ0v) is 16.9. The molecule has 0 atom stereocenters. The highest BCUT2D eigenvalue weighted by atomic mass is 32.2. The molecule has 2 amide bonds. The van der Waals surface area contributed by atoms with Gasteiger partial charge in [0.2, 0.25) is 11.8 Å². The number of amides is 2. The van der Waals surface area contributed by atoms with E-state index < -0.39 is 5.82 Å². The average Bonchev–Trinajstić information content (AvgIpc) is 3.11. The first-order chi connectivity index (χ1) is 14.5. The van der Waals surface area contributed by atoms with Gasteiger partial charge in [-0.05, 0) is 43.3 Å². The predicted molar refractivity (Wildman–Crippen MR) is 110 cm³/mol. The smallest absolute Gasteiger partial charge is 0.234 e. The van der Waals surface area contributed by atoms with Crippen LogP contribution in [-0.4, -0.2) is 32.3 Å². The average molecular weight is 431 g/mol. The first-order valence-electron chi connectivity index (χ1n) is 9.11. The minimum Gasteiger partial charge on any atom is -0.326 e. The molecule has 0 saturated carbocycles. The van der Waals surface area contributed by atoms with E-state index in [0.717, 1.165) is 11.8 Å². The van der Waals surface area contributed by atoms with E-state index in [-0.39, 0.29) is 35.5 Å². The van der Waals surface area contributed by atoms with E-state index in [4.69, 9.17) is 0 Å². The number of hydrogen-bond acceptors (Lipinski definition) is 5. The Morgan fingerprint density at radius 1 is 1.00 bits per heavy atom. The molecule has 0 saturated heterocycles. The quantitative estimate of drug-likeness (QED) is 0.533. The van der Waals surface area contributed by atoms with E-state index in [1.54, 1.807) is 10.6 Å². The van der Waals surface area contributed by atoms with Crippen LogP contribution in [-0.2, 0) is 22.6 Å². The van der Waals surface area contributed by atoms with Crippen LogP contribution in [0.5, 0.6) is 0 Å². The van der Waals surface area contributed by atoms with Gasteiger partial charge in [0, 0.05) is 12.2 Å². The Bertz CT molecular complexity index is 1040. The van der Waals surface area contributed by atoms with Gasteiger partial charge in [0.15, 0.2) is 5.16 Å². The van der Waals surface area contributed by atoms with Crippen LogP contribution in [0.4, 0.5) is 20.2 Å². The second kappa shape index (κ2) is 9.97. The van der Waals surface area contributed by atoms with Gasteiger partial charge in [-0.1, -0.05) is 23.9 Å². The predicted octanol–water partition coefficient (Wildman–Crippen LogP) is 3.49. The van der Waals surface area contributed by atoms with Crippen molar-refractivity contribution >= 4 is 35.0 Å². The zero-order chi connectivity index (χ0) is 21.5. The highest BCUT2D eigenvalue weighted by molar-refractivity contribution is 7.99. The molecule has 10 heteroatoms.